The van der Waals surface area contributed by atoms with Gasteiger partial charge in [-0.05, 0) is 65.5 Å². The predicted molar refractivity (Wildman–Crippen MR) is 104 cm³/mol. The SMILES string of the molecule is Cc1c(CC[C@H]2C[C@H](O)CC(=O)O2)c2c(c(C)c1OC(C)C)CC(C)(C)O2. The van der Waals surface area contributed by atoms with Crippen LogP contribution in [0.5, 0.6) is 11.5 Å². The van der Waals surface area contributed by atoms with E-state index >= 15 is 0 Å². The second-order valence-electron chi connectivity index (χ2n) is 8.81. The molecule has 1 saturated heterocycles. The van der Waals surface area contributed by atoms with Crippen LogP contribution in [-0.4, -0.2) is 35.0 Å². The molecule has 1 aromatic rings. The molecule has 1 fully saturated rings. The van der Waals surface area contributed by atoms with Gasteiger partial charge in [-0.25, -0.2) is 0 Å². The number of ether oxygens (including phenoxy) is 3. The van der Waals surface area contributed by atoms with Crippen LogP contribution in [-0.2, 0) is 22.4 Å². The van der Waals surface area contributed by atoms with Crippen molar-refractivity contribution in [1.29, 1.82) is 0 Å². The van der Waals surface area contributed by atoms with Crippen molar-refractivity contribution in [3.05, 3.63) is 22.3 Å². The number of aliphatic hydroxyl groups excluding tert-OH is 1. The Morgan fingerprint density at radius 2 is 1.96 bits per heavy atom. The van der Waals surface area contributed by atoms with Crippen LogP contribution >= 0.6 is 0 Å². The van der Waals surface area contributed by atoms with Crippen LogP contribution in [0.3, 0.4) is 0 Å². The van der Waals surface area contributed by atoms with E-state index in [1.165, 1.54) is 5.56 Å². The molecule has 2 atom stereocenters. The van der Waals surface area contributed by atoms with Crippen molar-refractivity contribution < 1.29 is 24.1 Å². The Kier molecular flexibility index (Phi) is 5.44. The van der Waals surface area contributed by atoms with Crippen LogP contribution in [0.2, 0.25) is 0 Å². The largest absolute Gasteiger partial charge is 0.490 e. The van der Waals surface area contributed by atoms with Crippen molar-refractivity contribution in [2.24, 2.45) is 0 Å². The number of fused-ring (bicyclic) bond motifs is 1. The molecule has 0 spiro atoms. The molecular formula is C22H32O5. The second-order valence-corrected chi connectivity index (χ2v) is 8.81. The molecule has 2 aliphatic heterocycles. The van der Waals surface area contributed by atoms with Gasteiger partial charge >= 0.3 is 5.97 Å². The molecule has 1 aromatic carbocycles. The molecule has 2 heterocycles. The molecule has 0 unspecified atom stereocenters. The molecule has 0 radical (unpaired) electrons. The van der Waals surface area contributed by atoms with Crippen molar-refractivity contribution in [1.82, 2.24) is 0 Å². The van der Waals surface area contributed by atoms with Gasteiger partial charge in [0.1, 0.15) is 23.2 Å². The maximum Gasteiger partial charge on any atom is 0.308 e. The number of carbonyl (C=O) groups excluding carboxylic acids is 1. The third-order valence-electron chi connectivity index (χ3n) is 5.42. The van der Waals surface area contributed by atoms with E-state index < -0.39 is 6.10 Å². The van der Waals surface area contributed by atoms with E-state index in [0.717, 1.165) is 41.0 Å². The maximum absolute atomic E-state index is 11.6. The number of esters is 1. The Hall–Kier alpha value is -1.75. The third kappa shape index (κ3) is 4.23. The van der Waals surface area contributed by atoms with E-state index in [4.69, 9.17) is 14.2 Å². The number of benzene rings is 1. The predicted octanol–water partition coefficient (Wildman–Crippen LogP) is 3.80. The van der Waals surface area contributed by atoms with Crippen LogP contribution in [0.15, 0.2) is 0 Å². The number of carbonyl (C=O) groups is 1. The first-order valence-electron chi connectivity index (χ1n) is 9.95. The number of hydrogen-bond donors (Lipinski definition) is 1. The molecule has 2 aliphatic rings. The quantitative estimate of drug-likeness (QED) is 0.792. The van der Waals surface area contributed by atoms with E-state index in [1.807, 2.05) is 13.8 Å². The normalized spacial score (nSPS) is 23.8. The van der Waals surface area contributed by atoms with Gasteiger partial charge in [-0.3, -0.25) is 4.79 Å². The van der Waals surface area contributed by atoms with Gasteiger partial charge < -0.3 is 19.3 Å². The molecule has 3 rings (SSSR count). The fraction of sp³-hybridized carbons (Fsp3) is 0.682. The zero-order valence-electron chi connectivity index (χ0n) is 17.3. The maximum atomic E-state index is 11.6. The first-order valence-corrected chi connectivity index (χ1v) is 9.95. The minimum Gasteiger partial charge on any atom is -0.490 e. The molecule has 0 bridgehead atoms. The lowest BCUT2D eigenvalue weighted by Crippen LogP contribution is -2.32. The minimum atomic E-state index is -0.601. The Balaban J connectivity index is 1.92. The summed E-state index contributed by atoms with van der Waals surface area (Å²) in [5.41, 5.74) is 4.37. The number of aliphatic hydroxyl groups is 1. The summed E-state index contributed by atoms with van der Waals surface area (Å²) in [6.45, 7) is 12.5. The van der Waals surface area contributed by atoms with E-state index in [9.17, 15) is 9.90 Å². The van der Waals surface area contributed by atoms with Crippen LogP contribution < -0.4 is 9.47 Å². The highest BCUT2D eigenvalue weighted by Crippen LogP contribution is 2.46. The summed E-state index contributed by atoms with van der Waals surface area (Å²) < 4.78 is 17.9. The first-order chi connectivity index (χ1) is 12.6. The smallest absolute Gasteiger partial charge is 0.308 e. The van der Waals surface area contributed by atoms with Crippen molar-refractivity contribution >= 4 is 5.97 Å². The van der Waals surface area contributed by atoms with Crippen molar-refractivity contribution in [2.45, 2.75) is 97.6 Å². The summed E-state index contributed by atoms with van der Waals surface area (Å²) in [7, 11) is 0. The van der Waals surface area contributed by atoms with Gasteiger partial charge in [-0.2, -0.15) is 0 Å². The third-order valence-corrected chi connectivity index (χ3v) is 5.42. The van der Waals surface area contributed by atoms with Crippen molar-refractivity contribution in [3.63, 3.8) is 0 Å². The van der Waals surface area contributed by atoms with Gasteiger partial charge in [0.25, 0.3) is 0 Å². The molecule has 0 aliphatic carbocycles. The Bertz CT molecular complexity index is 731. The summed E-state index contributed by atoms with van der Waals surface area (Å²) in [6.07, 6.45) is 2.09. The molecule has 5 heteroatoms. The van der Waals surface area contributed by atoms with Crippen LogP contribution in [0.1, 0.15) is 69.2 Å². The Morgan fingerprint density at radius 3 is 2.59 bits per heavy atom. The molecular weight excluding hydrogens is 344 g/mol. The second kappa shape index (κ2) is 7.34. The summed E-state index contributed by atoms with van der Waals surface area (Å²) in [6, 6.07) is 0. The summed E-state index contributed by atoms with van der Waals surface area (Å²) in [5, 5.41) is 9.86. The highest BCUT2D eigenvalue weighted by molar-refractivity contribution is 5.71. The van der Waals surface area contributed by atoms with Crippen LogP contribution in [0.25, 0.3) is 0 Å². The first kappa shape index (κ1) is 20.0. The lowest BCUT2D eigenvalue weighted by atomic mass is 9.90. The molecule has 0 amide bonds. The van der Waals surface area contributed by atoms with Gasteiger partial charge in [0.05, 0.1) is 18.6 Å². The van der Waals surface area contributed by atoms with Gasteiger partial charge in [0.15, 0.2) is 0 Å². The lowest BCUT2D eigenvalue weighted by molar-refractivity contribution is -0.160. The van der Waals surface area contributed by atoms with E-state index in [-0.39, 0.29) is 30.2 Å². The van der Waals surface area contributed by atoms with E-state index in [1.54, 1.807) is 0 Å². The molecule has 0 aromatic heterocycles. The minimum absolute atomic E-state index is 0.0954. The van der Waals surface area contributed by atoms with Gasteiger partial charge in [-0.1, -0.05) is 0 Å². The number of cyclic esters (lactones) is 1. The average Bonchev–Trinajstić information content (AvgIpc) is 2.86. The van der Waals surface area contributed by atoms with Gasteiger partial charge in [0.2, 0.25) is 0 Å². The standard InChI is InChI=1S/C22H32O5/c1-12(2)25-20-13(3)17(8-7-16-9-15(23)10-19(24)26-16)21-18(14(20)4)11-22(5,6)27-21/h12,15-16,23H,7-11H2,1-6H3/t15-,16-/m0/s1. The molecule has 27 heavy (non-hydrogen) atoms. The topological polar surface area (TPSA) is 65.0 Å². The van der Waals surface area contributed by atoms with Gasteiger partial charge in [0, 0.05) is 24.0 Å². The van der Waals surface area contributed by atoms with E-state index in [0.29, 0.717) is 12.8 Å². The van der Waals surface area contributed by atoms with Crippen molar-refractivity contribution in [3.8, 4) is 11.5 Å². The van der Waals surface area contributed by atoms with Gasteiger partial charge in [-0.15, -0.1) is 0 Å². The summed E-state index contributed by atoms with van der Waals surface area (Å²) >= 11 is 0. The number of hydrogen-bond acceptors (Lipinski definition) is 5. The molecule has 0 saturated carbocycles. The monoisotopic (exact) mass is 376 g/mol. The fourth-order valence-corrected chi connectivity index (χ4v) is 4.21. The summed E-state index contributed by atoms with van der Waals surface area (Å²) in [5.74, 6) is 1.60. The number of rotatable bonds is 5. The lowest BCUT2D eigenvalue weighted by Gasteiger charge is -2.27. The zero-order chi connectivity index (χ0) is 19.9. The average molecular weight is 376 g/mol. The fourth-order valence-electron chi connectivity index (χ4n) is 4.21. The Labute approximate surface area is 162 Å². The highest BCUT2D eigenvalue weighted by atomic mass is 16.5. The van der Waals surface area contributed by atoms with Crippen LogP contribution in [0.4, 0.5) is 0 Å². The van der Waals surface area contributed by atoms with E-state index in [2.05, 4.69) is 27.7 Å². The molecule has 150 valence electrons. The zero-order valence-corrected chi connectivity index (χ0v) is 17.3. The van der Waals surface area contributed by atoms with Crippen LogP contribution in [0, 0.1) is 13.8 Å². The van der Waals surface area contributed by atoms with Crippen molar-refractivity contribution in [2.75, 3.05) is 0 Å². The Morgan fingerprint density at radius 1 is 1.26 bits per heavy atom. The summed E-state index contributed by atoms with van der Waals surface area (Å²) in [4.78, 5) is 11.6. The highest BCUT2D eigenvalue weighted by Gasteiger charge is 2.36. The molecule has 1 N–H and O–H groups in total. The molecule has 5 nitrogen and oxygen atoms in total.